The summed E-state index contributed by atoms with van der Waals surface area (Å²) in [6.07, 6.45) is -0.212. The minimum Gasteiger partial charge on any atom is -0.462 e. The number of aliphatic hydroxyl groups excluding tert-OH is 3. The van der Waals surface area contributed by atoms with Crippen LogP contribution in [-0.2, 0) is 29.3 Å². The van der Waals surface area contributed by atoms with Crippen LogP contribution in [0.3, 0.4) is 0 Å². The van der Waals surface area contributed by atoms with E-state index in [0.717, 1.165) is 17.0 Å². The maximum absolute atomic E-state index is 13.5. The first-order valence-corrected chi connectivity index (χ1v) is 9.95. The van der Waals surface area contributed by atoms with E-state index in [9.17, 15) is 24.5 Å². The molecule has 2 heterocycles. The van der Waals surface area contributed by atoms with Gasteiger partial charge in [-0.25, -0.2) is 4.39 Å². The molecule has 1 fully saturated rings. The van der Waals surface area contributed by atoms with E-state index in [2.05, 4.69) is 0 Å². The van der Waals surface area contributed by atoms with Gasteiger partial charge in [0.2, 0.25) is 0 Å². The Morgan fingerprint density at radius 1 is 1.17 bits per heavy atom. The summed E-state index contributed by atoms with van der Waals surface area (Å²) >= 11 is 0. The molecule has 0 spiro atoms. The SMILES string of the molecule is CC(C)c1c(CO)c(CO)c(-c2ccc(F)cc2)n1CCC1CC(O)CC(=O)O1. The number of nitrogens with zero attached hydrogens (tertiary/aromatic N) is 1. The average molecular weight is 405 g/mol. The van der Waals surface area contributed by atoms with Crippen molar-refractivity contribution in [2.75, 3.05) is 0 Å². The maximum Gasteiger partial charge on any atom is 0.308 e. The average Bonchev–Trinajstić information content (AvgIpc) is 2.99. The van der Waals surface area contributed by atoms with Crippen molar-refractivity contribution in [3.63, 3.8) is 0 Å². The van der Waals surface area contributed by atoms with E-state index >= 15 is 0 Å². The zero-order chi connectivity index (χ0) is 21.1. The van der Waals surface area contributed by atoms with Gasteiger partial charge in [0.25, 0.3) is 0 Å². The zero-order valence-corrected chi connectivity index (χ0v) is 16.8. The summed E-state index contributed by atoms with van der Waals surface area (Å²) in [7, 11) is 0. The molecule has 0 amide bonds. The first kappa shape index (κ1) is 21.5. The Morgan fingerprint density at radius 3 is 2.38 bits per heavy atom. The van der Waals surface area contributed by atoms with Crippen molar-refractivity contribution in [1.82, 2.24) is 4.57 Å². The predicted molar refractivity (Wildman–Crippen MR) is 105 cm³/mol. The second-order valence-corrected chi connectivity index (χ2v) is 7.81. The Labute approximate surface area is 169 Å². The van der Waals surface area contributed by atoms with Gasteiger partial charge in [-0.3, -0.25) is 4.79 Å². The van der Waals surface area contributed by atoms with Crippen LogP contribution >= 0.6 is 0 Å². The molecule has 0 bridgehead atoms. The van der Waals surface area contributed by atoms with Gasteiger partial charge >= 0.3 is 5.97 Å². The van der Waals surface area contributed by atoms with E-state index < -0.39 is 18.2 Å². The van der Waals surface area contributed by atoms with Crippen molar-refractivity contribution in [1.29, 1.82) is 0 Å². The molecule has 29 heavy (non-hydrogen) atoms. The van der Waals surface area contributed by atoms with Crippen LogP contribution in [0.1, 0.15) is 55.8 Å². The number of cyclic esters (lactones) is 1. The van der Waals surface area contributed by atoms with Crippen LogP contribution < -0.4 is 0 Å². The second kappa shape index (κ2) is 9.07. The highest BCUT2D eigenvalue weighted by Gasteiger charge is 2.29. The smallest absolute Gasteiger partial charge is 0.308 e. The number of ether oxygens (including phenoxy) is 1. The molecule has 1 aromatic heterocycles. The third-order valence-electron chi connectivity index (χ3n) is 5.41. The highest BCUT2D eigenvalue weighted by atomic mass is 19.1. The summed E-state index contributed by atoms with van der Waals surface area (Å²) in [5, 5.41) is 29.9. The summed E-state index contributed by atoms with van der Waals surface area (Å²) in [6.45, 7) is 4.00. The monoisotopic (exact) mass is 405 g/mol. The highest BCUT2D eigenvalue weighted by Crippen LogP contribution is 2.36. The molecule has 3 N–H and O–H groups in total. The zero-order valence-electron chi connectivity index (χ0n) is 16.8. The third-order valence-corrected chi connectivity index (χ3v) is 5.41. The van der Waals surface area contributed by atoms with Gasteiger partial charge in [0.1, 0.15) is 11.9 Å². The minimum atomic E-state index is -0.701. The summed E-state index contributed by atoms with van der Waals surface area (Å²) in [6, 6.07) is 6.02. The summed E-state index contributed by atoms with van der Waals surface area (Å²) in [4.78, 5) is 11.7. The topological polar surface area (TPSA) is 91.9 Å². The molecular formula is C22H28FNO5. The van der Waals surface area contributed by atoms with Gasteiger partial charge in [0.05, 0.1) is 31.4 Å². The molecule has 2 unspecified atom stereocenters. The fourth-order valence-electron chi connectivity index (χ4n) is 4.23. The molecule has 2 aromatic rings. The number of esters is 1. The standard InChI is InChI=1S/C22H28FNO5/c1-13(2)21-18(11-25)19(12-26)22(14-3-5-15(23)6-4-14)24(21)8-7-17-9-16(27)10-20(28)29-17/h3-6,13,16-17,25-27H,7-12H2,1-2H3. The van der Waals surface area contributed by atoms with Crippen LogP contribution in [0.2, 0.25) is 0 Å². The van der Waals surface area contributed by atoms with E-state index in [4.69, 9.17) is 4.74 Å². The number of rotatable bonds is 7. The van der Waals surface area contributed by atoms with Crippen LogP contribution in [0.25, 0.3) is 11.3 Å². The lowest BCUT2D eigenvalue weighted by Gasteiger charge is -2.27. The molecular weight excluding hydrogens is 377 g/mol. The van der Waals surface area contributed by atoms with Crippen LogP contribution in [0.15, 0.2) is 24.3 Å². The number of hydrogen-bond donors (Lipinski definition) is 3. The number of aliphatic hydroxyl groups is 3. The van der Waals surface area contributed by atoms with Crippen molar-refractivity contribution >= 4 is 5.97 Å². The molecule has 2 atom stereocenters. The van der Waals surface area contributed by atoms with Crippen LogP contribution in [0.5, 0.6) is 0 Å². The van der Waals surface area contributed by atoms with E-state index in [1.54, 1.807) is 12.1 Å². The lowest BCUT2D eigenvalue weighted by Crippen LogP contribution is -2.33. The van der Waals surface area contributed by atoms with Crippen molar-refractivity contribution in [3.8, 4) is 11.3 Å². The second-order valence-electron chi connectivity index (χ2n) is 7.81. The van der Waals surface area contributed by atoms with Gasteiger partial charge in [-0.15, -0.1) is 0 Å². The summed E-state index contributed by atoms with van der Waals surface area (Å²) < 4.78 is 20.8. The molecule has 158 valence electrons. The van der Waals surface area contributed by atoms with Gasteiger partial charge in [0, 0.05) is 36.2 Å². The fourth-order valence-corrected chi connectivity index (χ4v) is 4.23. The van der Waals surface area contributed by atoms with Crippen LogP contribution in [-0.4, -0.2) is 38.1 Å². The van der Waals surface area contributed by atoms with Crippen LogP contribution in [0, 0.1) is 5.82 Å². The Kier molecular flexibility index (Phi) is 6.72. The van der Waals surface area contributed by atoms with E-state index in [-0.39, 0.29) is 31.4 Å². The summed E-state index contributed by atoms with van der Waals surface area (Å²) in [5.41, 5.74) is 3.63. The molecule has 1 saturated heterocycles. The highest BCUT2D eigenvalue weighted by molar-refractivity contribution is 5.71. The summed E-state index contributed by atoms with van der Waals surface area (Å²) in [5.74, 6) is -0.695. The first-order valence-electron chi connectivity index (χ1n) is 9.95. The Hall–Kier alpha value is -2.22. The third kappa shape index (κ3) is 4.52. The lowest BCUT2D eigenvalue weighted by molar-refractivity contribution is -0.160. The predicted octanol–water partition coefficient (Wildman–Crippen LogP) is 2.86. The van der Waals surface area contributed by atoms with Crippen molar-refractivity contribution in [2.45, 2.75) is 71.0 Å². The maximum atomic E-state index is 13.5. The van der Waals surface area contributed by atoms with Gasteiger partial charge < -0.3 is 24.6 Å². The van der Waals surface area contributed by atoms with E-state index in [1.165, 1.54) is 12.1 Å². The number of carbonyl (C=O) groups is 1. The molecule has 0 radical (unpaired) electrons. The molecule has 1 aliphatic rings. The number of aromatic nitrogens is 1. The number of hydrogen-bond acceptors (Lipinski definition) is 5. The van der Waals surface area contributed by atoms with Gasteiger partial charge in [0.15, 0.2) is 0 Å². The largest absolute Gasteiger partial charge is 0.462 e. The number of halogens is 1. The van der Waals surface area contributed by atoms with Crippen molar-refractivity contribution < 1.29 is 29.2 Å². The van der Waals surface area contributed by atoms with Crippen molar-refractivity contribution in [2.24, 2.45) is 0 Å². The quantitative estimate of drug-likeness (QED) is 0.616. The molecule has 3 rings (SSSR count). The Balaban J connectivity index is 2.04. The van der Waals surface area contributed by atoms with Crippen LogP contribution in [0.4, 0.5) is 4.39 Å². The molecule has 0 aliphatic carbocycles. The molecule has 1 aromatic carbocycles. The minimum absolute atomic E-state index is 0.0153. The van der Waals surface area contributed by atoms with Gasteiger partial charge in [-0.05, 0) is 35.7 Å². The molecule has 6 nitrogen and oxygen atoms in total. The van der Waals surface area contributed by atoms with Crippen molar-refractivity contribution in [3.05, 3.63) is 46.9 Å². The normalized spacial score (nSPS) is 19.6. The van der Waals surface area contributed by atoms with Gasteiger partial charge in [-0.1, -0.05) is 13.8 Å². The molecule has 1 aliphatic heterocycles. The van der Waals surface area contributed by atoms with E-state index in [1.807, 2.05) is 18.4 Å². The number of benzene rings is 1. The lowest BCUT2D eigenvalue weighted by atomic mass is 10.0. The number of carbonyl (C=O) groups excluding carboxylic acids is 1. The Morgan fingerprint density at radius 2 is 1.83 bits per heavy atom. The molecule has 7 heteroatoms. The Bertz CT molecular complexity index is 859. The van der Waals surface area contributed by atoms with Gasteiger partial charge in [-0.2, -0.15) is 0 Å². The molecule has 0 saturated carbocycles. The first-order chi connectivity index (χ1) is 13.8. The van der Waals surface area contributed by atoms with E-state index in [0.29, 0.717) is 30.5 Å². The fraction of sp³-hybridized carbons (Fsp3) is 0.500.